The van der Waals surface area contributed by atoms with Gasteiger partial charge >= 0.3 is 0 Å². The number of alkyl halides is 1. The van der Waals surface area contributed by atoms with Gasteiger partial charge in [-0.2, -0.15) is 0 Å². The van der Waals surface area contributed by atoms with E-state index in [0.29, 0.717) is 23.7 Å². The highest BCUT2D eigenvalue weighted by molar-refractivity contribution is 9.09. The molecule has 5 aliphatic rings. The third-order valence-electron chi connectivity index (χ3n) is 6.08. The molecule has 0 amide bonds. The minimum Gasteiger partial charge on any atom is -0.335 e. The molecule has 2 bridgehead atoms. The van der Waals surface area contributed by atoms with Crippen molar-refractivity contribution in [1.82, 2.24) is 0 Å². The Labute approximate surface area is 128 Å². The SMILES string of the molecule is C[C@H]1[C@@H](Br)O[C@@H]2O[C@]3(C)CC[C@H]4[C@H](C)CC[C@@H]1[C@@]24OO3. The van der Waals surface area contributed by atoms with Crippen LogP contribution in [-0.4, -0.2) is 22.7 Å². The Morgan fingerprint density at radius 1 is 1.05 bits per heavy atom. The molecule has 0 aromatic rings. The molecule has 0 radical (unpaired) electrons. The fourth-order valence-electron chi connectivity index (χ4n) is 4.86. The monoisotopic (exact) mass is 346 g/mol. The summed E-state index contributed by atoms with van der Waals surface area (Å²) in [6.07, 6.45) is 4.06. The lowest BCUT2D eigenvalue weighted by Gasteiger charge is -2.59. The number of halogens is 1. The first-order valence-corrected chi connectivity index (χ1v) is 8.72. The molecule has 1 spiro atoms. The van der Waals surface area contributed by atoms with Gasteiger partial charge < -0.3 is 9.47 Å². The van der Waals surface area contributed by atoms with Gasteiger partial charge in [-0.3, -0.25) is 0 Å². The molecule has 5 fully saturated rings. The van der Waals surface area contributed by atoms with Crippen LogP contribution >= 0.6 is 15.9 Å². The van der Waals surface area contributed by atoms with Crippen LogP contribution in [0.15, 0.2) is 0 Å². The average molecular weight is 347 g/mol. The van der Waals surface area contributed by atoms with E-state index in [1.807, 2.05) is 6.92 Å². The van der Waals surface area contributed by atoms with Crippen LogP contribution in [0, 0.1) is 23.7 Å². The van der Waals surface area contributed by atoms with Crippen LogP contribution in [-0.2, 0) is 19.2 Å². The first-order valence-electron chi connectivity index (χ1n) is 7.80. The fourth-order valence-corrected chi connectivity index (χ4v) is 5.43. The van der Waals surface area contributed by atoms with Gasteiger partial charge in [0.2, 0.25) is 5.79 Å². The summed E-state index contributed by atoms with van der Waals surface area (Å²) >= 11 is 3.67. The van der Waals surface area contributed by atoms with Crippen molar-refractivity contribution in [3.8, 4) is 0 Å². The van der Waals surface area contributed by atoms with Crippen molar-refractivity contribution in [2.24, 2.45) is 23.7 Å². The summed E-state index contributed by atoms with van der Waals surface area (Å²) in [5.41, 5.74) is -0.419. The van der Waals surface area contributed by atoms with Gasteiger partial charge in [0.25, 0.3) is 0 Å². The number of hydrogen-bond donors (Lipinski definition) is 0. The van der Waals surface area contributed by atoms with Crippen LogP contribution in [0.2, 0.25) is 0 Å². The maximum Gasteiger partial charge on any atom is 0.201 e. The topological polar surface area (TPSA) is 36.9 Å². The Morgan fingerprint density at radius 3 is 2.65 bits per heavy atom. The molecule has 4 nitrogen and oxygen atoms in total. The lowest BCUT2D eigenvalue weighted by atomic mass is 9.58. The highest BCUT2D eigenvalue weighted by Gasteiger charge is 2.69. The van der Waals surface area contributed by atoms with Crippen molar-refractivity contribution in [2.45, 2.75) is 69.1 Å². The summed E-state index contributed by atoms with van der Waals surface area (Å²) in [6.45, 7) is 6.54. The molecular weight excluding hydrogens is 324 g/mol. The molecule has 0 N–H and O–H groups in total. The van der Waals surface area contributed by atoms with Crippen molar-refractivity contribution < 1.29 is 19.2 Å². The molecule has 5 rings (SSSR count). The van der Waals surface area contributed by atoms with Gasteiger partial charge in [-0.15, -0.1) is 0 Å². The molecule has 20 heavy (non-hydrogen) atoms. The van der Waals surface area contributed by atoms with Crippen LogP contribution in [0.1, 0.15) is 46.5 Å². The summed E-state index contributed by atoms with van der Waals surface area (Å²) < 4.78 is 12.3. The van der Waals surface area contributed by atoms with Gasteiger partial charge in [-0.1, -0.05) is 29.8 Å². The molecule has 5 heteroatoms. The number of hydrogen-bond acceptors (Lipinski definition) is 4. The molecule has 4 saturated heterocycles. The number of fused-ring (bicyclic) bond motifs is 2. The summed E-state index contributed by atoms with van der Waals surface area (Å²) in [5.74, 6) is 1.25. The molecule has 0 unspecified atom stereocenters. The van der Waals surface area contributed by atoms with E-state index in [1.165, 1.54) is 6.42 Å². The van der Waals surface area contributed by atoms with Gasteiger partial charge in [0.15, 0.2) is 11.9 Å². The molecule has 1 aliphatic carbocycles. The molecule has 8 atom stereocenters. The maximum atomic E-state index is 6.20. The Balaban J connectivity index is 1.82. The zero-order chi connectivity index (χ0) is 14.1. The van der Waals surface area contributed by atoms with Crippen molar-refractivity contribution in [3.05, 3.63) is 0 Å². The van der Waals surface area contributed by atoms with Crippen LogP contribution < -0.4 is 0 Å². The van der Waals surface area contributed by atoms with E-state index in [-0.39, 0.29) is 11.3 Å². The highest BCUT2D eigenvalue weighted by Crippen LogP contribution is 2.60. The van der Waals surface area contributed by atoms with E-state index < -0.39 is 11.4 Å². The van der Waals surface area contributed by atoms with E-state index in [9.17, 15) is 0 Å². The largest absolute Gasteiger partial charge is 0.335 e. The Kier molecular flexibility index (Phi) is 3.08. The lowest BCUT2D eigenvalue weighted by molar-refractivity contribution is -0.568. The van der Waals surface area contributed by atoms with E-state index in [4.69, 9.17) is 19.2 Å². The van der Waals surface area contributed by atoms with Crippen LogP contribution in [0.5, 0.6) is 0 Å². The molecule has 1 saturated carbocycles. The quantitative estimate of drug-likeness (QED) is 0.496. The molecule has 0 aromatic carbocycles. The van der Waals surface area contributed by atoms with Crippen LogP contribution in [0.25, 0.3) is 0 Å². The smallest absolute Gasteiger partial charge is 0.201 e. The summed E-state index contributed by atoms with van der Waals surface area (Å²) in [5, 5.41) is 0.0312. The van der Waals surface area contributed by atoms with Crippen LogP contribution in [0.3, 0.4) is 0 Å². The Morgan fingerprint density at radius 2 is 1.85 bits per heavy atom. The third-order valence-corrected chi connectivity index (χ3v) is 7.13. The second-order valence-electron chi connectivity index (χ2n) is 7.26. The Hall–Kier alpha value is 0.320. The summed E-state index contributed by atoms with van der Waals surface area (Å²) in [4.78, 5) is 11.8. The molecular formula is C15H23BrO4. The first-order chi connectivity index (χ1) is 9.46. The summed E-state index contributed by atoms with van der Waals surface area (Å²) in [7, 11) is 0. The predicted molar refractivity (Wildman–Crippen MR) is 75.8 cm³/mol. The van der Waals surface area contributed by atoms with E-state index in [2.05, 4.69) is 29.8 Å². The van der Waals surface area contributed by atoms with Gasteiger partial charge in [-0.05, 0) is 43.9 Å². The number of ether oxygens (including phenoxy) is 2. The highest BCUT2D eigenvalue weighted by atomic mass is 79.9. The van der Waals surface area contributed by atoms with Gasteiger partial charge in [0, 0.05) is 12.3 Å². The van der Waals surface area contributed by atoms with Crippen molar-refractivity contribution in [1.29, 1.82) is 0 Å². The zero-order valence-electron chi connectivity index (χ0n) is 12.3. The number of rotatable bonds is 0. The van der Waals surface area contributed by atoms with E-state index >= 15 is 0 Å². The maximum absolute atomic E-state index is 6.20. The van der Waals surface area contributed by atoms with Crippen LogP contribution in [0.4, 0.5) is 0 Å². The first kappa shape index (κ1) is 13.9. The van der Waals surface area contributed by atoms with E-state index in [0.717, 1.165) is 19.3 Å². The van der Waals surface area contributed by atoms with Gasteiger partial charge in [-0.25, -0.2) is 9.78 Å². The Bertz CT molecular complexity index is 415. The second-order valence-corrected chi connectivity index (χ2v) is 8.16. The minimum absolute atomic E-state index is 0.0312. The summed E-state index contributed by atoms with van der Waals surface area (Å²) in [6, 6.07) is 0. The molecule has 114 valence electrons. The van der Waals surface area contributed by atoms with Crippen molar-refractivity contribution in [2.75, 3.05) is 0 Å². The van der Waals surface area contributed by atoms with E-state index in [1.54, 1.807) is 0 Å². The van der Waals surface area contributed by atoms with Crippen molar-refractivity contribution in [3.63, 3.8) is 0 Å². The van der Waals surface area contributed by atoms with Gasteiger partial charge in [0.1, 0.15) is 5.01 Å². The third kappa shape index (κ3) is 1.67. The second kappa shape index (κ2) is 4.42. The molecule has 0 aromatic heterocycles. The van der Waals surface area contributed by atoms with Crippen molar-refractivity contribution >= 4 is 15.9 Å². The molecule has 4 aliphatic heterocycles. The van der Waals surface area contributed by atoms with Gasteiger partial charge in [0.05, 0.1) is 0 Å². The zero-order valence-corrected chi connectivity index (χ0v) is 13.9. The fraction of sp³-hybridized carbons (Fsp3) is 1.00. The normalized spacial score (nSPS) is 61.8. The minimum atomic E-state index is -0.662. The lowest BCUT2D eigenvalue weighted by Crippen LogP contribution is -2.69. The predicted octanol–water partition coefficient (Wildman–Crippen LogP) is 3.59. The molecule has 4 heterocycles. The average Bonchev–Trinajstić information content (AvgIpc) is 2.63. The standard InChI is InChI=1S/C15H23BrO4/c1-8-4-5-11-9(2)12(16)17-13-15(11)10(8)6-7-14(3,18-13)19-20-15/h8-13H,4-7H2,1-3H3/t8-,9-,10+,11+,12+,13-,14+,15-/m1/s1.